The van der Waals surface area contributed by atoms with Gasteiger partial charge in [0.05, 0.1) is 16.8 Å². The van der Waals surface area contributed by atoms with Gasteiger partial charge in [0, 0.05) is 30.2 Å². The van der Waals surface area contributed by atoms with E-state index in [0.29, 0.717) is 22.1 Å². The third kappa shape index (κ3) is 3.09. The third-order valence-corrected chi connectivity index (χ3v) is 5.59. The molecule has 0 saturated heterocycles. The Labute approximate surface area is 166 Å². The van der Waals surface area contributed by atoms with Crippen molar-refractivity contribution in [1.82, 2.24) is 15.1 Å². The SMILES string of the molecule is CCCSc1n[n+]2c(c(=O)[nH]1)-c1ccccc1N(C(C)=O)[C@@H]2c1cccnc1. The molecule has 3 heterocycles. The van der Waals surface area contributed by atoms with Gasteiger partial charge in [0.1, 0.15) is 0 Å². The van der Waals surface area contributed by atoms with Gasteiger partial charge in [-0.3, -0.25) is 19.6 Å². The number of para-hydroxylation sites is 1. The molecule has 0 radical (unpaired) electrons. The number of carbonyl (C=O) groups excluding carboxylic acids is 1. The van der Waals surface area contributed by atoms with Crippen LogP contribution in [0.4, 0.5) is 5.69 Å². The van der Waals surface area contributed by atoms with E-state index < -0.39 is 6.17 Å². The predicted octanol–water partition coefficient (Wildman–Crippen LogP) is 2.53. The van der Waals surface area contributed by atoms with Gasteiger partial charge in [-0.25, -0.2) is 4.90 Å². The van der Waals surface area contributed by atoms with Gasteiger partial charge in [-0.2, -0.15) is 0 Å². The van der Waals surface area contributed by atoms with E-state index >= 15 is 0 Å². The summed E-state index contributed by atoms with van der Waals surface area (Å²) in [7, 11) is 0. The molecular formula is C20H20N5O2S+. The number of thioether (sulfide) groups is 1. The molecule has 28 heavy (non-hydrogen) atoms. The smallest absolute Gasteiger partial charge is 0.291 e. The van der Waals surface area contributed by atoms with Crippen LogP contribution in [0.1, 0.15) is 32.0 Å². The summed E-state index contributed by atoms with van der Waals surface area (Å²) in [6.45, 7) is 3.59. The molecule has 4 rings (SSSR count). The Kier molecular flexibility index (Phi) is 4.95. The molecule has 3 aromatic rings. The number of amides is 1. The minimum atomic E-state index is -0.584. The summed E-state index contributed by atoms with van der Waals surface area (Å²) < 4.78 is 1.65. The van der Waals surface area contributed by atoms with Crippen molar-refractivity contribution in [3.05, 3.63) is 64.7 Å². The van der Waals surface area contributed by atoms with Crippen LogP contribution in [0.25, 0.3) is 11.3 Å². The summed E-state index contributed by atoms with van der Waals surface area (Å²) in [6, 6.07) is 11.1. The fourth-order valence-corrected chi connectivity index (χ4v) is 4.11. The zero-order valence-corrected chi connectivity index (χ0v) is 16.4. The van der Waals surface area contributed by atoms with Crippen LogP contribution in [0.2, 0.25) is 0 Å². The van der Waals surface area contributed by atoms with E-state index in [1.807, 2.05) is 36.4 Å². The van der Waals surface area contributed by atoms with Crippen molar-refractivity contribution in [2.45, 2.75) is 31.6 Å². The molecule has 2 aromatic heterocycles. The largest absolute Gasteiger partial charge is 0.325 e. The second-order valence-electron chi connectivity index (χ2n) is 6.47. The highest BCUT2D eigenvalue weighted by Gasteiger charge is 2.44. The lowest BCUT2D eigenvalue weighted by Gasteiger charge is -2.31. The Morgan fingerprint density at radius 1 is 1.29 bits per heavy atom. The van der Waals surface area contributed by atoms with E-state index in [2.05, 4.69) is 16.9 Å². The minimum Gasteiger partial charge on any atom is -0.291 e. The van der Waals surface area contributed by atoms with Gasteiger partial charge in [0.2, 0.25) is 11.1 Å². The van der Waals surface area contributed by atoms with E-state index in [4.69, 9.17) is 5.10 Å². The number of aromatic amines is 1. The molecule has 142 valence electrons. The number of fused-ring (bicyclic) bond motifs is 3. The molecule has 1 atom stereocenters. The molecule has 0 fully saturated rings. The van der Waals surface area contributed by atoms with Gasteiger partial charge in [0.15, 0.2) is 0 Å². The second kappa shape index (κ2) is 7.55. The van der Waals surface area contributed by atoms with Crippen LogP contribution in [0.3, 0.4) is 0 Å². The standard InChI is InChI=1S/C20H19N5O2S/c1-3-11-28-20-22-18(27)17-15-8-4-5-9-16(15)24(13(2)26)19(25(17)23-20)14-7-6-10-21-12-14/h4-10,12,19H,3,11H2,1-2H3/p+1/t19-/m0/s1. The van der Waals surface area contributed by atoms with Gasteiger partial charge >= 0.3 is 11.3 Å². The first-order chi connectivity index (χ1) is 13.6. The number of benzene rings is 1. The highest BCUT2D eigenvalue weighted by Crippen LogP contribution is 2.36. The molecule has 1 N–H and O–H groups in total. The van der Waals surface area contributed by atoms with Crippen LogP contribution in [-0.4, -0.2) is 26.7 Å². The molecule has 8 heteroatoms. The average Bonchev–Trinajstić information content (AvgIpc) is 2.71. The fraction of sp³-hybridized carbons (Fsp3) is 0.250. The molecular weight excluding hydrogens is 374 g/mol. The molecule has 1 aliphatic heterocycles. The summed E-state index contributed by atoms with van der Waals surface area (Å²) in [5.41, 5.74) is 2.35. The van der Waals surface area contributed by atoms with Crippen LogP contribution in [0.5, 0.6) is 0 Å². The predicted molar refractivity (Wildman–Crippen MR) is 107 cm³/mol. The Hall–Kier alpha value is -3.00. The van der Waals surface area contributed by atoms with Gasteiger partial charge in [0.25, 0.3) is 6.17 Å². The number of aromatic nitrogens is 4. The van der Waals surface area contributed by atoms with Crippen molar-refractivity contribution in [1.29, 1.82) is 0 Å². The number of hydrogen-bond acceptors (Lipinski definition) is 5. The normalized spacial score (nSPS) is 15.1. The maximum absolute atomic E-state index is 13.0. The van der Waals surface area contributed by atoms with Crippen LogP contribution in [-0.2, 0) is 4.79 Å². The van der Waals surface area contributed by atoms with E-state index in [9.17, 15) is 9.59 Å². The zero-order chi connectivity index (χ0) is 19.7. The number of rotatable bonds is 4. The maximum atomic E-state index is 13.0. The Morgan fingerprint density at radius 3 is 2.82 bits per heavy atom. The molecule has 1 aliphatic rings. The van der Waals surface area contributed by atoms with Gasteiger partial charge in [-0.15, -0.1) is 0 Å². The first-order valence-corrected chi connectivity index (χ1v) is 10.1. The first kappa shape index (κ1) is 18.4. The number of hydrogen-bond donors (Lipinski definition) is 1. The van der Waals surface area contributed by atoms with Crippen molar-refractivity contribution >= 4 is 23.4 Å². The molecule has 0 unspecified atom stereocenters. The molecule has 1 amide bonds. The molecule has 0 spiro atoms. The van der Waals surface area contributed by atoms with Crippen molar-refractivity contribution in [3.8, 4) is 11.3 Å². The van der Waals surface area contributed by atoms with Crippen LogP contribution < -0.4 is 15.1 Å². The highest BCUT2D eigenvalue weighted by atomic mass is 32.2. The summed E-state index contributed by atoms with van der Waals surface area (Å²) >= 11 is 1.49. The molecule has 0 saturated carbocycles. The topological polar surface area (TPSA) is 82.8 Å². The first-order valence-electron chi connectivity index (χ1n) is 9.10. The lowest BCUT2D eigenvalue weighted by atomic mass is 10.0. The van der Waals surface area contributed by atoms with Crippen molar-refractivity contribution in [3.63, 3.8) is 0 Å². The number of carbonyl (C=O) groups is 1. The van der Waals surface area contributed by atoms with Crippen LogP contribution >= 0.6 is 11.8 Å². The molecule has 0 aliphatic carbocycles. The molecule has 1 aromatic carbocycles. The second-order valence-corrected chi connectivity index (χ2v) is 7.55. The lowest BCUT2D eigenvalue weighted by molar-refractivity contribution is -0.763. The van der Waals surface area contributed by atoms with Crippen LogP contribution in [0.15, 0.2) is 58.7 Å². The number of nitrogens with one attached hydrogen (secondary N) is 1. The maximum Gasteiger partial charge on any atom is 0.325 e. The number of nitrogens with zero attached hydrogens (tertiary/aromatic N) is 4. The third-order valence-electron chi connectivity index (χ3n) is 4.52. The lowest BCUT2D eigenvalue weighted by Crippen LogP contribution is -2.60. The van der Waals surface area contributed by atoms with E-state index in [-0.39, 0.29) is 11.5 Å². The van der Waals surface area contributed by atoms with Gasteiger partial charge < -0.3 is 0 Å². The number of H-pyrrole nitrogens is 1. The summed E-state index contributed by atoms with van der Waals surface area (Å²) in [5.74, 6) is 0.705. The van der Waals surface area contributed by atoms with Gasteiger partial charge in [-0.1, -0.05) is 30.8 Å². The van der Waals surface area contributed by atoms with Crippen molar-refractivity contribution in [2.24, 2.45) is 0 Å². The van der Waals surface area contributed by atoms with Crippen LogP contribution in [0, 0.1) is 0 Å². The van der Waals surface area contributed by atoms with E-state index in [1.165, 1.54) is 18.7 Å². The summed E-state index contributed by atoms with van der Waals surface area (Å²) in [6.07, 6.45) is 3.76. The Bertz CT molecular complexity index is 1080. The van der Waals surface area contributed by atoms with Gasteiger partial charge in [-0.05, 0) is 35.4 Å². The minimum absolute atomic E-state index is 0.135. The number of anilines is 1. The Morgan fingerprint density at radius 2 is 2.11 bits per heavy atom. The summed E-state index contributed by atoms with van der Waals surface area (Å²) in [5, 5.41) is 5.24. The number of pyridine rings is 1. The summed E-state index contributed by atoms with van der Waals surface area (Å²) in [4.78, 5) is 34.4. The van der Waals surface area contributed by atoms with Crippen molar-refractivity contribution in [2.75, 3.05) is 10.7 Å². The highest BCUT2D eigenvalue weighted by molar-refractivity contribution is 7.99. The van der Waals surface area contributed by atoms with E-state index in [0.717, 1.165) is 17.7 Å². The Balaban J connectivity index is 2.02. The monoisotopic (exact) mass is 394 g/mol. The zero-order valence-electron chi connectivity index (χ0n) is 15.6. The molecule has 0 bridgehead atoms. The fourth-order valence-electron chi connectivity index (χ4n) is 3.41. The molecule has 7 nitrogen and oxygen atoms in total. The quantitative estimate of drug-likeness (QED) is 0.543. The average molecular weight is 394 g/mol. The van der Waals surface area contributed by atoms with Crippen molar-refractivity contribution < 1.29 is 9.48 Å². The van der Waals surface area contributed by atoms with E-state index in [1.54, 1.807) is 22.0 Å².